The molecule has 0 spiro atoms. The Labute approximate surface area is 173 Å². The highest BCUT2D eigenvalue weighted by atomic mass is 127. The molecule has 3 N–H and O–H groups in total. The third-order valence-electron chi connectivity index (χ3n) is 3.92. The summed E-state index contributed by atoms with van der Waals surface area (Å²) >= 11 is 0. The summed E-state index contributed by atoms with van der Waals surface area (Å²) in [6.45, 7) is 1.48. The Bertz CT molecular complexity index is 678. The van der Waals surface area contributed by atoms with Gasteiger partial charge in [-0.1, -0.05) is 36.4 Å². The quantitative estimate of drug-likeness (QED) is 0.256. The molecule has 2 aromatic rings. The molecule has 26 heavy (non-hydrogen) atoms. The molecule has 0 aliphatic carbocycles. The van der Waals surface area contributed by atoms with Gasteiger partial charge in [-0.3, -0.25) is 4.99 Å². The first-order chi connectivity index (χ1) is 12.2. The minimum Gasteiger partial charge on any atom is -0.493 e. The van der Waals surface area contributed by atoms with E-state index in [1.165, 1.54) is 11.1 Å². The molecule has 142 valence electrons. The Hall–Kier alpha value is -1.96. The van der Waals surface area contributed by atoms with E-state index in [-0.39, 0.29) is 24.0 Å². The summed E-state index contributed by atoms with van der Waals surface area (Å²) in [7, 11) is 3.29. The van der Waals surface area contributed by atoms with Gasteiger partial charge >= 0.3 is 0 Å². The van der Waals surface area contributed by atoms with Gasteiger partial charge in [0, 0.05) is 13.1 Å². The largest absolute Gasteiger partial charge is 0.493 e. The van der Waals surface area contributed by atoms with Gasteiger partial charge in [-0.05, 0) is 42.5 Å². The van der Waals surface area contributed by atoms with Gasteiger partial charge < -0.3 is 20.5 Å². The van der Waals surface area contributed by atoms with Gasteiger partial charge in [0.2, 0.25) is 0 Å². The van der Waals surface area contributed by atoms with E-state index in [0.29, 0.717) is 12.5 Å². The van der Waals surface area contributed by atoms with E-state index in [1.54, 1.807) is 14.2 Å². The zero-order valence-electron chi connectivity index (χ0n) is 15.4. The van der Waals surface area contributed by atoms with E-state index < -0.39 is 0 Å². The molecule has 0 saturated heterocycles. The molecular formula is C20H28IN3O2. The molecule has 0 saturated carbocycles. The van der Waals surface area contributed by atoms with Gasteiger partial charge in [-0.25, -0.2) is 0 Å². The third kappa shape index (κ3) is 7.51. The number of ether oxygens (including phenoxy) is 2. The van der Waals surface area contributed by atoms with Crippen molar-refractivity contribution < 1.29 is 9.47 Å². The zero-order chi connectivity index (χ0) is 17.9. The second-order valence-corrected chi connectivity index (χ2v) is 5.72. The van der Waals surface area contributed by atoms with Crippen LogP contribution < -0.4 is 20.5 Å². The van der Waals surface area contributed by atoms with Crippen LogP contribution in [0.25, 0.3) is 0 Å². The van der Waals surface area contributed by atoms with Crippen molar-refractivity contribution in [1.82, 2.24) is 5.32 Å². The number of benzene rings is 2. The van der Waals surface area contributed by atoms with Crippen LogP contribution in [-0.2, 0) is 12.8 Å². The topological polar surface area (TPSA) is 68.9 Å². The number of aryl methyl sites for hydroxylation is 1. The molecule has 0 heterocycles. The first-order valence-electron chi connectivity index (χ1n) is 8.51. The van der Waals surface area contributed by atoms with Crippen LogP contribution >= 0.6 is 24.0 Å². The Kier molecular flexibility index (Phi) is 10.5. The molecule has 5 nitrogen and oxygen atoms in total. The molecule has 0 atom stereocenters. The zero-order valence-corrected chi connectivity index (χ0v) is 17.7. The highest BCUT2D eigenvalue weighted by Gasteiger charge is 2.04. The number of aliphatic imine (C=N–C) groups is 1. The standard InChI is InChI=1S/C20H27N3O2.HI/c1-24-18-11-10-17(15-19(18)25-2)9-6-13-22-20(21)23-14-12-16-7-4-3-5-8-16;/h3-5,7-8,10-11,15H,6,9,12-14H2,1-2H3,(H3,21,22,23);1H. The summed E-state index contributed by atoms with van der Waals surface area (Å²) in [5.41, 5.74) is 8.39. The van der Waals surface area contributed by atoms with E-state index in [9.17, 15) is 0 Å². The van der Waals surface area contributed by atoms with Gasteiger partial charge in [0.15, 0.2) is 17.5 Å². The number of rotatable bonds is 9. The summed E-state index contributed by atoms with van der Waals surface area (Å²) in [4.78, 5) is 4.37. The average molecular weight is 469 g/mol. The van der Waals surface area contributed by atoms with E-state index in [1.807, 2.05) is 36.4 Å². The van der Waals surface area contributed by atoms with Crippen molar-refractivity contribution >= 4 is 29.9 Å². The first-order valence-corrected chi connectivity index (χ1v) is 8.51. The number of nitrogens with one attached hydrogen (secondary N) is 1. The predicted octanol–water partition coefficient (Wildman–Crippen LogP) is 3.40. The van der Waals surface area contributed by atoms with E-state index in [0.717, 1.165) is 37.3 Å². The number of hydrogen-bond donors (Lipinski definition) is 2. The van der Waals surface area contributed by atoms with Crippen molar-refractivity contribution in [1.29, 1.82) is 0 Å². The maximum Gasteiger partial charge on any atom is 0.188 e. The van der Waals surface area contributed by atoms with E-state index in [2.05, 4.69) is 22.4 Å². The molecule has 0 radical (unpaired) electrons. The summed E-state index contributed by atoms with van der Waals surface area (Å²) in [6, 6.07) is 16.3. The van der Waals surface area contributed by atoms with Crippen LogP contribution in [0.2, 0.25) is 0 Å². The first kappa shape index (κ1) is 22.1. The highest BCUT2D eigenvalue weighted by Crippen LogP contribution is 2.27. The molecule has 0 unspecified atom stereocenters. The number of hydrogen-bond acceptors (Lipinski definition) is 3. The predicted molar refractivity (Wildman–Crippen MR) is 118 cm³/mol. The van der Waals surface area contributed by atoms with Crippen molar-refractivity contribution in [3.63, 3.8) is 0 Å². The normalized spacial score (nSPS) is 10.8. The Morgan fingerprint density at radius 1 is 0.962 bits per heavy atom. The van der Waals surface area contributed by atoms with Crippen molar-refractivity contribution in [2.24, 2.45) is 10.7 Å². The monoisotopic (exact) mass is 469 g/mol. The van der Waals surface area contributed by atoms with Crippen LogP contribution in [-0.4, -0.2) is 33.3 Å². The van der Waals surface area contributed by atoms with Crippen molar-refractivity contribution in [3.05, 3.63) is 59.7 Å². The van der Waals surface area contributed by atoms with Gasteiger partial charge in [0.1, 0.15) is 0 Å². The average Bonchev–Trinajstić information content (AvgIpc) is 2.66. The lowest BCUT2D eigenvalue weighted by atomic mass is 10.1. The Morgan fingerprint density at radius 3 is 2.38 bits per heavy atom. The van der Waals surface area contributed by atoms with Gasteiger partial charge in [0.05, 0.1) is 14.2 Å². The van der Waals surface area contributed by atoms with Crippen LogP contribution in [0, 0.1) is 0 Å². The fourth-order valence-electron chi connectivity index (χ4n) is 2.55. The maximum atomic E-state index is 5.90. The van der Waals surface area contributed by atoms with E-state index >= 15 is 0 Å². The molecule has 6 heteroatoms. The number of guanidine groups is 1. The second-order valence-electron chi connectivity index (χ2n) is 5.72. The minimum absolute atomic E-state index is 0. The number of methoxy groups -OCH3 is 2. The third-order valence-corrected chi connectivity index (χ3v) is 3.92. The number of halogens is 1. The Morgan fingerprint density at radius 2 is 1.69 bits per heavy atom. The SMILES string of the molecule is COc1ccc(CCCN=C(N)NCCc2ccccc2)cc1OC.I. The number of nitrogens with two attached hydrogens (primary N) is 1. The van der Waals surface area contributed by atoms with Gasteiger partial charge in [-0.15, -0.1) is 24.0 Å². The highest BCUT2D eigenvalue weighted by molar-refractivity contribution is 14.0. The lowest BCUT2D eigenvalue weighted by Gasteiger charge is -2.09. The van der Waals surface area contributed by atoms with Gasteiger partial charge in [-0.2, -0.15) is 0 Å². The van der Waals surface area contributed by atoms with Crippen LogP contribution in [0.3, 0.4) is 0 Å². The summed E-state index contributed by atoms with van der Waals surface area (Å²) < 4.78 is 10.6. The molecule has 2 aromatic carbocycles. The molecule has 0 aromatic heterocycles. The van der Waals surface area contributed by atoms with Crippen LogP contribution in [0.1, 0.15) is 17.5 Å². The molecule has 0 fully saturated rings. The van der Waals surface area contributed by atoms with Crippen LogP contribution in [0.5, 0.6) is 11.5 Å². The molecule has 0 bridgehead atoms. The molecular weight excluding hydrogens is 441 g/mol. The van der Waals surface area contributed by atoms with Crippen molar-refractivity contribution in [2.45, 2.75) is 19.3 Å². The number of nitrogens with zero attached hydrogens (tertiary/aromatic N) is 1. The fourth-order valence-corrected chi connectivity index (χ4v) is 2.55. The summed E-state index contributed by atoms with van der Waals surface area (Å²) in [6.07, 6.45) is 2.78. The van der Waals surface area contributed by atoms with Crippen LogP contribution in [0.4, 0.5) is 0 Å². The maximum absolute atomic E-state index is 5.90. The van der Waals surface area contributed by atoms with E-state index in [4.69, 9.17) is 15.2 Å². The fraction of sp³-hybridized carbons (Fsp3) is 0.350. The van der Waals surface area contributed by atoms with Crippen molar-refractivity contribution in [2.75, 3.05) is 27.3 Å². The second kappa shape index (κ2) is 12.4. The summed E-state index contributed by atoms with van der Waals surface area (Å²) in [5.74, 6) is 2.00. The Balaban J connectivity index is 0.00000338. The lowest BCUT2D eigenvalue weighted by Crippen LogP contribution is -2.33. The van der Waals surface area contributed by atoms with Crippen LogP contribution in [0.15, 0.2) is 53.5 Å². The van der Waals surface area contributed by atoms with Crippen molar-refractivity contribution in [3.8, 4) is 11.5 Å². The summed E-state index contributed by atoms with van der Waals surface area (Å²) in [5, 5.41) is 3.15. The molecule has 0 amide bonds. The molecule has 0 aliphatic rings. The van der Waals surface area contributed by atoms with Gasteiger partial charge in [0.25, 0.3) is 0 Å². The molecule has 0 aliphatic heterocycles. The molecule has 2 rings (SSSR count). The minimum atomic E-state index is 0. The lowest BCUT2D eigenvalue weighted by molar-refractivity contribution is 0.354. The smallest absolute Gasteiger partial charge is 0.188 e.